The van der Waals surface area contributed by atoms with Crippen molar-refractivity contribution in [2.45, 2.75) is 51.7 Å². The molecule has 0 radical (unpaired) electrons. The summed E-state index contributed by atoms with van der Waals surface area (Å²) in [5, 5.41) is 12.0. The van der Waals surface area contributed by atoms with Crippen molar-refractivity contribution in [1.82, 2.24) is 5.32 Å². The number of hydrogen-bond donors (Lipinski definition) is 2. The molecule has 1 aromatic carbocycles. The number of methoxy groups -OCH3 is 1. The SMILES string of the molecule is CCC(CC)(CC(=O)O)NC(=O)Cc1cccc(COC)c1. The van der Waals surface area contributed by atoms with Crippen LogP contribution in [0.2, 0.25) is 0 Å². The van der Waals surface area contributed by atoms with Gasteiger partial charge in [-0.2, -0.15) is 0 Å². The molecule has 1 amide bonds. The fourth-order valence-corrected chi connectivity index (χ4v) is 2.53. The third-order valence-corrected chi connectivity index (χ3v) is 3.91. The van der Waals surface area contributed by atoms with Crippen LogP contribution >= 0.6 is 0 Å². The lowest BCUT2D eigenvalue weighted by atomic mass is 9.88. The first-order valence-electron chi connectivity index (χ1n) is 7.54. The quantitative estimate of drug-likeness (QED) is 0.735. The predicted molar refractivity (Wildman–Crippen MR) is 84.6 cm³/mol. The zero-order valence-electron chi connectivity index (χ0n) is 13.5. The van der Waals surface area contributed by atoms with Gasteiger partial charge >= 0.3 is 5.97 Å². The number of amides is 1. The Morgan fingerprint density at radius 3 is 2.41 bits per heavy atom. The summed E-state index contributed by atoms with van der Waals surface area (Å²) in [4.78, 5) is 23.3. The third kappa shape index (κ3) is 5.48. The molecular weight excluding hydrogens is 282 g/mol. The fraction of sp³-hybridized carbons (Fsp3) is 0.529. The Labute approximate surface area is 131 Å². The number of carboxylic acids is 1. The molecule has 1 aromatic rings. The molecule has 0 bridgehead atoms. The zero-order chi connectivity index (χ0) is 16.6. The minimum Gasteiger partial charge on any atom is -0.481 e. The maximum Gasteiger partial charge on any atom is 0.305 e. The summed E-state index contributed by atoms with van der Waals surface area (Å²) < 4.78 is 5.08. The highest BCUT2D eigenvalue weighted by Crippen LogP contribution is 2.20. The minimum atomic E-state index is -0.897. The molecule has 0 atom stereocenters. The molecule has 0 aliphatic rings. The Bertz CT molecular complexity index is 509. The van der Waals surface area contributed by atoms with Crippen molar-refractivity contribution in [3.8, 4) is 0 Å². The molecule has 0 saturated carbocycles. The summed E-state index contributed by atoms with van der Waals surface area (Å²) in [6, 6.07) is 7.65. The standard InChI is InChI=1S/C17H25NO4/c1-4-17(5-2,11-16(20)21)18-15(19)10-13-7-6-8-14(9-13)12-22-3/h6-9H,4-5,10-12H2,1-3H3,(H,18,19)(H,20,21). The van der Waals surface area contributed by atoms with Crippen molar-refractivity contribution in [2.24, 2.45) is 0 Å². The van der Waals surface area contributed by atoms with E-state index in [1.807, 2.05) is 38.1 Å². The second-order valence-electron chi connectivity index (χ2n) is 5.54. The lowest BCUT2D eigenvalue weighted by Gasteiger charge is -2.31. The van der Waals surface area contributed by atoms with Gasteiger partial charge in [-0.05, 0) is 24.0 Å². The van der Waals surface area contributed by atoms with Gasteiger partial charge < -0.3 is 15.2 Å². The van der Waals surface area contributed by atoms with Crippen LogP contribution in [0.25, 0.3) is 0 Å². The normalized spacial score (nSPS) is 11.2. The van der Waals surface area contributed by atoms with Crippen molar-refractivity contribution in [3.63, 3.8) is 0 Å². The Hall–Kier alpha value is -1.88. The first kappa shape index (κ1) is 18.2. The van der Waals surface area contributed by atoms with Gasteiger partial charge in [0.15, 0.2) is 0 Å². The second kappa shape index (κ2) is 8.54. The maximum atomic E-state index is 12.3. The molecule has 0 aliphatic heterocycles. The van der Waals surface area contributed by atoms with Gasteiger partial charge in [-0.15, -0.1) is 0 Å². The van der Waals surface area contributed by atoms with Gasteiger partial charge in [-0.1, -0.05) is 38.1 Å². The van der Waals surface area contributed by atoms with Crippen LogP contribution in [0.4, 0.5) is 0 Å². The predicted octanol–water partition coefficient (Wildman–Crippen LogP) is 2.53. The van der Waals surface area contributed by atoms with Crippen LogP contribution in [0.3, 0.4) is 0 Å². The van der Waals surface area contributed by atoms with Gasteiger partial charge in [0, 0.05) is 12.6 Å². The van der Waals surface area contributed by atoms with E-state index in [4.69, 9.17) is 9.84 Å². The topological polar surface area (TPSA) is 75.6 Å². The molecule has 0 aliphatic carbocycles. The van der Waals surface area contributed by atoms with Crippen molar-refractivity contribution in [3.05, 3.63) is 35.4 Å². The number of carbonyl (C=O) groups excluding carboxylic acids is 1. The molecule has 5 heteroatoms. The number of ether oxygens (including phenoxy) is 1. The van der Waals surface area contributed by atoms with Crippen LogP contribution in [0.1, 0.15) is 44.2 Å². The molecule has 122 valence electrons. The highest BCUT2D eigenvalue weighted by molar-refractivity contribution is 5.80. The maximum absolute atomic E-state index is 12.3. The van der Waals surface area contributed by atoms with E-state index in [2.05, 4.69) is 5.32 Å². The number of benzene rings is 1. The lowest BCUT2D eigenvalue weighted by Crippen LogP contribution is -2.49. The monoisotopic (exact) mass is 307 g/mol. The first-order chi connectivity index (χ1) is 10.4. The van der Waals surface area contributed by atoms with Crippen LogP contribution < -0.4 is 5.32 Å². The third-order valence-electron chi connectivity index (χ3n) is 3.91. The van der Waals surface area contributed by atoms with Gasteiger partial charge in [0.1, 0.15) is 0 Å². The summed E-state index contributed by atoms with van der Waals surface area (Å²) in [5.41, 5.74) is 1.23. The number of hydrogen-bond acceptors (Lipinski definition) is 3. The molecule has 2 N–H and O–H groups in total. The van der Waals surface area contributed by atoms with E-state index in [0.717, 1.165) is 11.1 Å². The van der Waals surface area contributed by atoms with Gasteiger partial charge in [0.05, 0.1) is 19.4 Å². The smallest absolute Gasteiger partial charge is 0.305 e. The average molecular weight is 307 g/mol. The van der Waals surface area contributed by atoms with Crippen LogP contribution in [-0.2, 0) is 27.4 Å². The zero-order valence-corrected chi connectivity index (χ0v) is 13.5. The van der Waals surface area contributed by atoms with Crippen molar-refractivity contribution < 1.29 is 19.4 Å². The molecule has 0 heterocycles. The summed E-state index contributed by atoms with van der Waals surface area (Å²) in [6.07, 6.45) is 1.35. The van der Waals surface area contributed by atoms with E-state index in [-0.39, 0.29) is 18.7 Å². The largest absolute Gasteiger partial charge is 0.481 e. The van der Waals surface area contributed by atoms with Crippen molar-refractivity contribution in [2.75, 3.05) is 7.11 Å². The number of nitrogens with one attached hydrogen (secondary N) is 1. The molecule has 0 spiro atoms. The van der Waals surface area contributed by atoms with Gasteiger partial charge in [-0.3, -0.25) is 9.59 Å². The first-order valence-corrected chi connectivity index (χ1v) is 7.54. The summed E-state index contributed by atoms with van der Waals surface area (Å²) in [5.74, 6) is -1.05. The molecule has 5 nitrogen and oxygen atoms in total. The van der Waals surface area contributed by atoms with Crippen LogP contribution in [-0.4, -0.2) is 29.6 Å². The van der Waals surface area contributed by atoms with Crippen LogP contribution in [0.15, 0.2) is 24.3 Å². The van der Waals surface area contributed by atoms with E-state index >= 15 is 0 Å². The fourth-order valence-electron chi connectivity index (χ4n) is 2.53. The lowest BCUT2D eigenvalue weighted by molar-refractivity contribution is -0.139. The Kier molecular flexibility index (Phi) is 7.05. The van der Waals surface area contributed by atoms with Crippen LogP contribution in [0.5, 0.6) is 0 Å². The van der Waals surface area contributed by atoms with Crippen LogP contribution in [0, 0.1) is 0 Å². The molecule has 0 aromatic heterocycles. The molecule has 1 rings (SSSR count). The highest BCUT2D eigenvalue weighted by atomic mass is 16.5. The summed E-state index contributed by atoms with van der Waals surface area (Å²) in [7, 11) is 1.63. The molecule has 0 saturated heterocycles. The van der Waals surface area contributed by atoms with E-state index in [1.165, 1.54) is 0 Å². The van der Waals surface area contributed by atoms with Crippen molar-refractivity contribution >= 4 is 11.9 Å². The minimum absolute atomic E-state index is 0.0601. The van der Waals surface area contributed by atoms with Gasteiger partial charge in [0.2, 0.25) is 5.91 Å². The number of carboxylic acid groups (broad SMARTS) is 1. The van der Waals surface area contributed by atoms with Gasteiger partial charge in [0.25, 0.3) is 0 Å². The van der Waals surface area contributed by atoms with E-state index in [1.54, 1.807) is 7.11 Å². The molecule has 0 fully saturated rings. The number of rotatable bonds is 9. The Balaban J connectivity index is 2.75. The highest BCUT2D eigenvalue weighted by Gasteiger charge is 2.30. The van der Waals surface area contributed by atoms with E-state index in [0.29, 0.717) is 19.4 Å². The molecule has 22 heavy (non-hydrogen) atoms. The molecular formula is C17H25NO4. The molecule has 0 unspecified atom stereocenters. The summed E-state index contributed by atoms with van der Waals surface area (Å²) in [6.45, 7) is 4.29. The summed E-state index contributed by atoms with van der Waals surface area (Å²) >= 11 is 0. The Morgan fingerprint density at radius 2 is 1.86 bits per heavy atom. The number of carbonyl (C=O) groups is 2. The second-order valence-corrected chi connectivity index (χ2v) is 5.54. The van der Waals surface area contributed by atoms with E-state index < -0.39 is 11.5 Å². The Morgan fingerprint density at radius 1 is 1.23 bits per heavy atom. The van der Waals surface area contributed by atoms with E-state index in [9.17, 15) is 9.59 Å². The van der Waals surface area contributed by atoms with Gasteiger partial charge in [-0.25, -0.2) is 0 Å². The number of aliphatic carboxylic acids is 1. The average Bonchev–Trinajstić information content (AvgIpc) is 2.46. The van der Waals surface area contributed by atoms with Crippen molar-refractivity contribution in [1.29, 1.82) is 0 Å².